The second-order valence-corrected chi connectivity index (χ2v) is 5.80. The van der Waals surface area contributed by atoms with E-state index in [0.29, 0.717) is 6.54 Å². The quantitative estimate of drug-likeness (QED) is 0.891. The molecule has 1 saturated heterocycles. The van der Waals surface area contributed by atoms with Crippen LogP contribution in [-0.2, 0) is 17.9 Å². The molecular weight excluding hydrogens is 244 g/mol. The summed E-state index contributed by atoms with van der Waals surface area (Å²) in [4.78, 5) is 17.8. The van der Waals surface area contributed by atoms with Gasteiger partial charge >= 0.3 is 5.97 Å². The van der Waals surface area contributed by atoms with E-state index < -0.39 is 12.0 Å². The average molecular weight is 266 g/mol. The van der Waals surface area contributed by atoms with Crippen LogP contribution in [0.4, 0.5) is 0 Å². The molecule has 19 heavy (non-hydrogen) atoms. The summed E-state index contributed by atoms with van der Waals surface area (Å²) in [5.41, 5.74) is -0.207. The summed E-state index contributed by atoms with van der Waals surface area (Å²) in [5.74, 6) is 0.0960. The third-order valence-corrected chi connectivity index (χ3v) is 3.95. The highest BCUT2D eigenvalue weighted by Gasteiger charge is 2.42. The Balaban J connectivity index is 2.20. The van der Waals surface area contributed by atoms with E-state index in [1.165, 1.54) is 6.33 Å². The molecule has 0 amide bonds. The molecule has 6 heteroatoms. The maximum atomic E-state index is 11.6. The lowest BCUT2D eigenvalue weighted by Crippen LogP contribution is -2.53. The Morgan fingerprint density at radius 2 is 2.32 bits per heavy atom. The molecule has 0 bridgehead atoms. The molecule has 1 fully saturated rings. The van der Waals surface area contributed by atoms with Gasteiger partial charge in [-0.2, -0.15) is 5.10 Å². The number of nitrogens with zero attached hydrogens (tertiary/aromatic N) is 4. The van der Waals surface area contributed by atoms with Gasteiger partial charge in [-0.05, 0) is 31.7 Å². The lowest BCUT2D eigenvalue weighted by Gasteiger charge is -2.43. The molecule has 1 atom stereocenters. The molecule has 6 nitrogen and oxygen atoms in total. The Bertz CT molecular complexity index is 455. The fourth-order valence-electron chi connectivity index (χ4n) is 3.01. The van der Waals surface area contributed by atoms with Crippen molar-refractivity contribution in [1.82, 2.24) is 19.7 Å². The number of carbonyl (C=O) groups is 1. The fraction of sp³-hybridized carbons (Fsp3) is 0.769. The molecule has 1 aromatic rings. The number of hydrogen-bond donors (Lipinski definition) is 1. The maximum absolute atomic E-state index is 11.6. The van der Waals surface area contributed by atoms with Gasteiger partial charge in [0.15, 0.2) is 0 Å². The van der Waals surface area contributed by atoms with Crippen molar-refractivity contribution in [2.75, 3.05) is 6.54 Å². The van der Waals surface area contributed by atoms with Gasteiger partial charge in [-0.25, -0.2) is 9.67 Å². The minimum Gasteiger partial charge on any atom is -0.480 e. The van der Waals surface area contributed by atoms with Crippen molar-refractivity contribution in [3.8, 4) is 0 Å². The van der Waals surface area contributed by atoms with Crippen molar-refractivity contribution < 1.29 is 9.90 Å². The van der Waals surface area contributed by atoms with Crippen LogP contribution in [0.2, 0.25) is 0 Å². The zero-order valence-electron chi connectivity index (χ0n) is 11.8. The number of aliphatic carboxylic acids is 1. The number of rotatable bonds is 4. The summed E-state index contributed by atoms with van der Waals surface area (Å²) in [6.45, 7) is 8.17. The lowest BCUT2D eigenvalue weighted by molar-refractivity contribution is -0.151. The highest BCUT2D eigenvalue weighted by molar-refractivity contribution is 5.74. The van der Waals surface area contributed by atoms with Crippen molar-refractivity contribution in [2.24, 2.45) is 5.41 Å². The van der Waals surface area contributed by atoms with E-state index in [-0.39, 0.29) is 5.41 Å². The number of carboxylic acids is 1. The zero-order valence-corrected chi connectivity index (χ0v) is 11.8. The van der Waals surface area contributed by atoms with Gasteiger partial charge in [-0.1, -0.05) is 13.8 Å². The first-order valence-electron chi connectivity index (χ1n) is 6.79. The topological polar surface area (TPSA) is 71.2 Å². The summed E-state index contributed by atoms with van der Waals surface area (Å²) in [6.07, 6.45) is 3.50. The van der Waals surface area contributed by atoms with Crippen LogP contribution >= 0.6 is 0 Å². The Kier molecular flexibility index (Phi) is 3.89. The minimum atomic E-state index is -0.743. The van der Waals surface area contributed by atoms with E-state index in [1.807, 2.05) is 30.4 Å². The highest BCUT2D eigenvalue weighted by Crippen LogP contribution is 2.35. The lowest BCUT2D eigenvalue weighted by atomic mass is 9.76. The monoisotopic (exact) mass is 266 g/mol. The number of piperidine rings is 1. The van der Waals surface area contributed by atoms with Crippen LogP contribution in [-0.4, -0.2) is 43.3 Å². The van der Waals surface area contributed by atoms with E-state index in [4.69, 9.17) is 0 Å². The van der Waals surface area contributed by atoms with Crippen LogP contribution in [0.25, 0.3) is 0 Å². The molecule has 1 aliphatic heterocycles. The molecule has 0 spiro atoms. The first-order valence-corrected chi connectivity index (χ1v) is 6.79. The van der Waals surface area contributed by atoms with Gasteiger partial charge in [-0.15, -0.1) is 0 Å². The Hall–Kier alpha value is -1.43. The maximum Gasteiger partial charge on any atom is 0.321 e. The van der Waals surface area contributed by atoms with E-state index in [2.05, 4.69) is 10.1 Å². The number of aryl methyl sites for hydroxylation is 1. The van der Waals surface area contributed by atoms with Crippen molar-refractivity contribution in [2.45, 2.75) is 52.7 Å². The predicted molar refractivity (Wildman–Crippen MR) is 70.5 cm³/mol. The summed E-state index contributed by atoms with van der Waals surface area (Å²) in [7, 11) is 0. The Morgan fingerprint density at radius 3 is 2.95 bits per heavy atom. The molecule has 0 aliphatic carbocycles. The van der Waals surface area contributed by atoms with Gasteiger partial charge in [0.05, 0.1) is 6.54 Å². The second kappa shape index (κ2) is 5.28. The van der Waals surface area contributed by atoms with Gasteiger partial charge in [0.1, 0.15) is 18.2 Å². The van der Waals surface area contributed by atoms with Crippen molar-refractivity contribution in [1.29, 1.82) is 0 Å². The fourth-order valence-corrected chi connectivity index (χ4v) is 3.01. The second-order valence-electron chi connectivity index (χ2n) is 5.80. The van der Waals surface area contributed by atoms with E-state index in [9.17, 15) is 9.90 Å². The molecule has 2 rings (SSSR count). The predicted octanol–water partition coefficient (Wildman–Crippen LogP) is 1.37. The standard InChI is InChI=1S/C13H22N4O2/c1-4-17-10(14-9-15-17)8-16-7-5-6-13(2,3)11(16)12(18)19/h9,11H,4-8H2,1-3H3,(H,18,19). The number of hydrogen-bond acceptors (Lipinski definition) is 4. The molecule has 1 N–H and O–H groups in total. The van der Waals surface area contributed by atoms with Gasteiger partial charge in [0, 0.05) is 6.54 Å². The molecule has 0 aromatic carbocycles. The summed E-state index contributed by atoms with van der Waals surface area (Å²) < 4.78 is 1.82. The third-order valence-electron chi connectivity index (χ3n) is 3.95. The molecule has 106 valence electrons. The van der Waals surface area contributed by atoms with Crippen LogP contribution in [0.15, 0.2) is 6.33 Å². The Labute approximate surface area is 113 Å². The molecule has 1 unspecified atom stereocenters. The highest BCUT2D eigenvalue weighted by atomic mass is 16.4. The first-order chi connectivity index (χ1) is 8.95. The summed E-state index contributed by atoms with van der Waals surface area (Å²) in [6, 6.07) is -0.455. The molecule has 0 saturated carbocycles. The third kappa shape index (κ3) is 2.78. The van der Waals surface area contributed by atoms with Gasteiger partial charge in [0.2, 0.25) is 0 Å². The largest absolute Gasteiger partial charge is 0.480 e. The van der Waals surface area contributed by atoms with E-state index in [0.717, 1.165) is 31.8 Å². The normalized spacial score (nSPS) is 23.4. The molecule has 1 aromatic heterocycles. The zero-order chi connectivity index (χ0) is 14.0. The molecule has 0 radical (unpaired) electrons. The summed E-state index contributed by atoms with van der Waals surface area (Å²) >= 11 is 0. The van der Waals surface area contributed by atoms with Crippen LogP contribution in [0, 0.1) is 5.41 Å². The molecular formula is C13H22N4O2. The van der Waals surface area contributed by atoms with Gasteiger partial charge in [0.25, 0.3) is 0 Å². The van der Waals surface area contributed by atoms with E-state index >= 15 is 0 Å². The van der Waals surface area contributed by atoms with Crippen molar-refractivity contribution in [3.63, 3.8) is 0 Å². The van der Waals surface area contributed by atoms with Gasteiger partial charge < -0.3 is 5.11 Å². The summed E-state index contributed by atoms with van der Waals surface area (Å²) in [5, 5.41) is 13.7. The molecule has 2 heterocycles. The number of likely N-dealkylation sites (tertiary alicyclic amines) is 1. The van der Waals surface area contributed by atoms with Crippen molar-refractivity contribution in [3.05, 3.63) is 12.2 Å². The minimum absolute atomic E-state index is 0.207. The first kappa shape index (κ1) is 14.0. The average Bonchev–Trinajstić information content (AvgIpc) is 2.74. The van der Waals surface area contributed by atoms with Crippen LogP contribution < -0.4 is 0 Å². The Morgan fingerprint density at radius 1 is 1.58 bits per heavy atom. The smallest absolute Gasteiger partial charge is 0.321 e. The molecule has 1 aliphatic rings. The van der Waals surface area contributed by atoms with Crippen LogP contribution in [0.1, 0.15) is 39.4 Å². The number of carboxylic acid groups (broad SMARTS) is 1. The van der Waals surface area contributed by atoms with E-state index in [1.54, 1.807) is 0 Å². The van der Waals surface area contributed by atoms with Crippen LogP contribution in [0.5, 0.6) is 0 Å². The van der Waals surface area contributed by atoms with Crippen molar-refractivity contribution >= 4 is 5.97 Å². The SMILES string of the molecule is CCn1ncnc1CN1CCCC(C)(C)C1C(=O)O. The van der Waals surface area contributed by atoms with Gasteiger partial charge in [-0.3, -0.25) is 9.69 Å². The van der Waals surface area contributed by atoms with Crippen LogP contribution in [0.3, 0.4) is 0 Å². The number of aromatic nitrogens is 3.